The molecule has 0 spiro atoms. The summed E-state index contributed by atoms with van der Waals surface area (Å²) < 4.78 is 16.0. The van der Waals surface area contributed by atoms with Gasteiger partial charge in [-0.3, -0.25) is 4.90 Å². The highest BCUT2D eigenvalue weighted by molar-refractivity contribution is 5.89. The first kappa shape index (κ1) is 12.1. The first-order chi connectivity index (χ1) is 9.29. The fourth-order valence-electron chi connectivity index (χ4n) is 2.30. The van der Waals surface area contributed by atoms with Crippen molar-refractivity contribution in [3.05, 3.63) is 18.2 Å². The highest BCUT2D eigenvalue weighted by Crippen LogP contribution is 2.35. The molecular weight excluding hydrogens is 250 g/mol. The molecule has 2 aliphatic heterocycles. The van der Waals surface area contributed by atoms with Gasteiger partial charge in [0, 0.05) is 12.5 Å². The molecule has 6 nitrogen and oxygen atoms in total. The van der Waals surface area contributed by atoms with Crippen molar-refractivity contribution in [1.82, 2.24) is 0 Å². The van der Waals surface area contributed by atoms with Crippen LogP contribution in [0.25, 0.3) is 0 Å². The number of aliphatic hydroxyl groups excluding tert-OH is 1. The summed E-state index contributed by atoms with van der Waals surface area (Å²) in [5.74, 6) is 1.28. The molecule has 2 aliphatic rings. The summed E-state index contributed by atoms with van der Waals surface area (Å²) in [5, 5.41) is 9.37. The quantitative estimate of drug-likeness (QED) is 0.869. The molecule has 6 heteroatoms. The van der Waals surface area contributed by atoms with Crippen molar-refractivity contribution in [1.29, 1.82) is 0 Å². The lowest BCUT2D eigenvalue weighted by Gasteiger charge is -2.34. The second-order valence-electron chi connectivity index (χ2n) is 4.44. The van der Waals surface area contributed by atoms with Crippen LogP contribution in [0.5, 0.6) is 11.5 Å². The van der Waals surface area contributed by atoms with Crippen molar-refractivity contribution in [2.75, 3.05) is 31.3 Å². The molecule has 0 aromatic heterocycles. The first-order valence-electron chi connectivity index (χ1n) is 6.26. The number of ether oxygens (including phenoxy) is 3. The van der Waals surface area contributed by atoms with Gasteiger partial charge in [-0.05, 0) is 12.1 Å². The lowest BCUT2D eigenvalue weighted by molar-refractivity contribution is 0.115. The second-order valence-corrected chi connectivity index (χ2v) is 4.44. The van der Waals surface area contributed by atoms with Gasteiger partial charge in [0.2, 0.25) is 0 Å². The standard InChI is InChI=1S/C13H15NO5/c15-8-10-3-4-19-13(16)14(10)9-1-2-11-12(7-9)18-6-5-17-11/h1-2,7,10,15H,3-6,8H2. The summed E-state index contributed by atoms with van der Waals surface area (Å²) >= 11 is 0. The Balaban J connectivity index is 1.93. The minimum absolute atomic E-state index is 0.0937. The van der Waals surface area contributed by atoms with Gasteiger partial charge in [0.05, 0.1) is 24.9 Å². The second kappa shape index (κ2) is 4.97. The Labute approximate surface area is 110 Å². The molecule has 0 aliphatic carbocycles. The molecule has 1 saturated heterocycles. The van der Waals surface area contributed by atoms with E-state index in [0.29, 0.717) is 43.4 Å². The third-order valence-electron chi connectivity index (χ3n) is 3.25. The number of anilines is 1. The van der Waals surface area contributed by atoms with Crippen molar-refractivity contribution >= 4 is 11.8 Å². The van der Waals surface area contributed by atoms with Crippen LogP contribution in [0.15, 0.2) is 18.2 Å². The number of benzene rings is 1. The van der Waals surface area contributed by atoms with Gasteiger partial charge in [-0.1, -0.05) is 0 Å². The van der Waals surface area contributed by atoms with Crippen LogP contribution in [0.4, 0.5) is 10.5 Å². The Morgan fingerprint density at radius 1 is 1.16 bits per heavy atom. The molecule has 1 aromatic carbocycles. The molecule has 0 saturated carbocycles. The molecule has 0 bridgehead atoms. The number of hydrogen-bond acceptors (Lipinski definition) is 5. The predicted octanol–water partition coefficient (Wildman–Crippen LogP) is 1.17. The van der Waals surface area contributed by atoms with Crippen molar-refractivity contribution < 1.29 is 24.1 Å². The number of rotatable bonds is 2. The number of aliphatic hydroxyl groups is 1. The summed E-state index contributed by atoms with van der Waals surface area (Å²) in [4.78, 5) is 13.3. The monoisotopic (exact) mass is 265 g/mol. The molecule has 1 unspecified atom stereocenters. The molecule has 1 aromatic rings. The molecule has 102 valence electrons. The number of hydrogen-bond donors (Lipinski definition) is 1. The predicted molar refractivity (Wildman–Crippen MR) is 66.7 cm³/mol. The number of amides is 1. The van der Waals surface area contributed by atoms with E-state index < -0.39 is 6.09 Å². The Bertz CT molecular complexity index is 490. The van der Waals surface area contributed by atoms with Crippen LogP contribution in [0.1, 0.15) is 6.42 Å². The topological polar surface area (TPSA) is 68.2 Å². The first-order valence-corrected chi connectivity index (χ1v) is 6.26. The zero-order valence-corrected chi connectivity index (χ0v) is 10.4. The van der Waals surface area contributed by atoms with Crippen LogP contribution in [0, 0.1) is 0 Å². The maximum Gasteiger partial charge on any atom is 0.414 e. The molecule has 0 radical (unpaired) electrons. The molecule has 1 fully saturated rings. The summed E-state index contributed by atoms with van der Waals surface area (Å²) in [6.07, 6.45) is 0.165. The maximum absolute atomic E-state index is 11.9. The Morgan fingerprint density at radius 3 is 2.74 bits per heavy atom. The number of carbonyl (C=O) groups is 1. The van der Waals surface area contributed by atoms with Gasteiger partial charge in [0.1, 0.15) is 13.2 Å². The minimum Gasteiger partial charge on any atom is -0.486 e. The van der Waals surface area contributed by atoms with Gasteiger partial charge in [0.25, 0.3) is 0 Å². The molecule has 1 atom stereocenters. The van der Waals surface area contributed by atoms with Gasteiger partial charge in [-0.25, -0.2) is 4.79 Å². The lowest BCUT2D eigenvalue weighted by atomic mass is 10.1. The molecule has 3 rings (SSSR count). The molecule has 19 heavy (non-hydrogen) atoms. The van der Waals surface area contributed by atoms with Gasteiger partial charge in [-0.15, -0.1) is 0 Å². The SMILES string of the molecule is O=C1OCCC(CO)N1c1ccc2c(c1)OCCO2. The summed E-state index contributed by atoms with van der Waals surface area (Å²) in [7, 11) is 0. The molecular formula is C13H15NO5. The fourth-order valence-corrected chi connectivity index (χ4v) is 2.30. The highest BCUT2D eigenvalue weighted by Gasteiger charge is 2.31. The zero-order chi connectivity index (χ0) is 13.2. The fraction of sp³-hybridized carbons (Fsp3) is 0.462. The van der Waals surface area contributed by atoms with Crippen LogP contribution < -0.4 is 14.4 Å². The van der Waals surface area contributed by atoms with E-state index in [1.54, 1.807) is 18.2 Å². The van der Waals surface area contributed by atoms with E-state index in [4.69, 9.17) is 14.2 Å². The molecule has 1 amide bonds. The van der Waals surface area contributed by atoms with Gasteiger partial charge >= 0.3 is 6.09 Å². The van der Waals surface area contributed by atoms with Gasteiger partial charge < -0.3 is 19.3 Å². The lowest BCUT2D eigenvalue weighted by Crippen LogP contribution is -2.47. The van der Waals surface area contributed by atoms with E-state index in [9.17, 15) is 9.90 Å². The van der Waals surface area contributed by atoms with Crippen molar-refractivity contribution in [3.8, 4) is 11.5 Å². The van der Waals surface area contributed by atoms with E-state index >= 15 is 0 Å². The van der Waals surface area contributed by atoms with E-state index in [-0.39, 0.29) is 12.6 Å². The largest absolute Gasteiger partial charge is 0.486 e. The van der Waals surface area contributed by atoms with Crippen LogP contribution >= 0.6 is 0 Å². The Morgan fingerprint density at radius 2 is 1.95 bits per heavy atom. The van der Waals surface area contributed by atoms with Crippen molar-refractivity contribution in [2.45, 2.75) is 12.5 Å². The van der Waals surface area contributed by atoms with E-state index in [0.717, 1.165) is 0 Å². The number of carbonyl (C=O) groups excluding carboxylic acids is 1. The number of fused-ring (bicyclic) bond motifs is 1. The van der Waals surface area contributed by atoms with Gasteiger partial charge in [0.15, 0.2) is 11.5 Å². The van der Waals surface area contributed by atoms with E-state index in [1.165, 1.54) is 4.90 Å². The summed E-state index contributed by atoms with van der Waals surface area (Å²) in [5.41, 5.74) is 0.646. The van der Waals surface area contributed by atoms with Crippen LogP contribution in [-0.2, 0) is 4.74 Å². The van der Waals surface area contributed by atoms with E-state index in [1.807, 2.05) is 0 Å². The minimum atomic E-state index is -0.443. The van der Waals surface area contributed by atoms with Crippen LogP contribution in [0.3, 0.4) is 0 Å². The van der Waals surface area contributed by atoms with E-state index in [2.05, 4.69) is 0 Å². The number of nitrogens with zero attached hydrogens (tertiary/aromatic N) is 1. The smallest absolute Gasteiger partial charge is 0.414 e. The molecule has 1 N–H and O–H groups in total. The van der Waals surface area contributed by atoms with Gasteiger partial charge in [-0.2, -0.15) is 0 Å². The third kappa shape index (κ3) is 2.19. The third-order valence-corrected chi connectivity index (χ3v) is 3.25. The highest BCUT2D eigenvalue weighted by atomic mass is 16.6. The van der Waals surface area contributed by atoms with Crippen LogP contribution in [-0.4, -0.2) is 43.7 Å². The van der Waals surface area contributed by atoms with Crippen molar-refractivity contribution in [3.63, 3.8) is 0 Å². The Hall–Kier alpha value is -1.95. The Kier molecular flexibility index (Phi) is 3.16. The number of cyclic esters (lactones) is 1. The maximum atomic E-state index is 11.9. The van der Waals surface area contributed by atoms with Crippen LogP contribution in [0.2, 0.25) is 0 Å². The molecule has 2 heterocycles. The normalized spacial score (nSPS) is 22.1. The average molecular weight is 265 g/mol. The zero-order valence-electron chi connectivity index (χ0n) is 10.4. The average Bonchev–Trinajstić information content (AvgIpc) is 2.46. The summed E-state index contributed by atoms with van der Waals surface area (Å²) in [6, 6.07) is 5.01. The van der Waals surface area contributed by atoms with Crippen molar-refractivity contribution in [2.24, 2.45) is 0 Å². The summed E-state index contributed by atoms with van der Waals surface area (Å²) in [6.45, 7) is 1.26.